The van der Waals surface area contributed by atoms with E-state index < -0.39 is 0 Å². The third kappa shape index (κ3) is 2.22. The van der Waals surface area contributed by atoms with E-state index >= 15 is 0 Å². The summed E-state index contributed by atoms with van der Waals surface area (Å²) in [7, 11) is 0. The normalized spacial score (nSPS) is 13.0. The molecule has 0 amide bonds. The molecule has 0 fully saturated rings. The van der Waals surface area contributed by atoms with E-state index in [1.54, 1.807) is 0 Å². The van der Waals surface area contributed by atoms with Crippen molar-refractivity contribution in [2.24, 2.45) is 0 Å². The van der Waals surface area contributed by atoms with E-state index in [1.807, 2.05) is 6.08 Å². The monoisotopic (exact) mass is 318 g/mol. The molecule has 0 nitrogen and oxygen atoms in total. The second-order valence-electron chi connectivity index (χ2n) is 6.67. The molecule has 0 saturated heterocycles. The lowest BCUT2D eigenvalue weighted by molar-refractivity contribution is 1.33. The first-order chi connectivity index (χ1) is 12.3. The zero-order valence-corrected chi connectivity index (χ0v) is 14.0. The van der Waals surface area contributed by atoms with Crippen LogP contribution in [0.25, 0.3) is 38.2 Å². The van der Waals surface area contributed by atoms with Gasteiger partial charge in [0.1, 0.15) is 0 Å². The van der Waals surface area contributed by atoms with Gasteiger partial charge >= 0.3 is 0 Å². The Morgan fingerprint density at radius 1 is 0.720 bits per heavy atom. The molecule has 0 aliphatic heterocycles. The minimum atomic E-state index is 1.00. The average molecular weight is 318 g/mol. The zero-order chi connectivity index (χ0) is 16.8. The number of hydrogen-bond acceptors (Lipinski definition) is 0. The lowest BCUT2D eigenvalue weighted by Crippen LogP contribution is -1.87. The molecule has 0 atom stereocenters. The molecule has 25 heavy (non-hydrogen) atoms. The fourth-order valence-electron chi connectivity index (χ4n) is 3.92. The van der Waals surface area contributed by atoms with Crippen LogP contribution >= 0.6 is 0 Å². The van der Waals surface area contributed by atoms with Crippen LogP contribution in [0.2, 0.25) is 0 Å². The molecule has 1 aliphatic carbocycles. The third-order valence-electron chi connectivity index (χ3n) is 5.24. The van der Waals surface area contributed by atoms with Gasteiger partial charge in [-0.05, 0) is 74.0 Å². The van der Waals surface area contributed by atoms with Crippen molar-refractivity contribution in [2.75, 3.05) is 0 Å². The van der Waals surface area contributed by atoms with Gasteiger partial charge in [0.2, 0.25) is 0 Å². The summed E-state index contributed by atoms with van der Waals surface area (Å²) in [4.78, 5) is 0. The van der Waals surface area contributed by atoms with Crippen molar-refractivity contribution in [2.45, 2.75) is 6.42 Å². The largest absolute Gasteiger partial charge is 0.0985 e. The van der Waals surface area contributed by atoms with Crippen molar-refractivity contribution in [1.29, 1.82) is 0 Å². The molecule has 0 aromatic heterocycles. The first-order valence-electron chi connectivity index (χ1n) is 8.71. The smallest absolute Gasteiger partial charge is 0.00819 e. The molecule has 118 valence electrons. The van der Waals surface area contributed by atoms with Crippen molar-refractivity contribution in [3.8, 4) is 11.1 Å². The van der Waals surface area contributed by atoms with Gasteiger partial charge in [0.25, 0.3) is 0 Å². The van der Waals surface area contributed by atoms with Crippen LogP contribution < -0.4 is 0 Å². The van der Waals surface area contributed by atoms with Gasteiger partial charge < -0.3 is 0 Å². The standard InChI is InChI=1S/C25H18/c1-2-17-8-12-21-16-25-22(15-23(17)21)13-10-19-9-11-20(14-24(19)25)18-6-4-3-5-7-18/h2-11,13-16H,1,12H2. The molecule has 0 N–H and O–H groups in total. The number of benzene rings is 4. The van der Waals surface area contributed by atoms with Crippen molar-refractivity contribution in [3.63, 3.8) is 0 Å². The van der Waals surface area contributed by atoms with Gasteiger partial charge in [0.15, 0.2) is 0 Å². The van der Waals surface area contributed by atoms with E-state index in [9.17, 15) is 0 Å². The summed E-state index contributed by atoms with van der Waals surface area (Å²) < 4.78 is 0. The molecule has 0 heterocycles. The van der Waals surface area contributed by atoms with Crippen LogP contribution in [0.4, 0.5) is 0 Å². The van der Waals surface area contributed by atoms with Crippen LogP contribution in [0.15, 0.2) is 91.5 Å². The van der Waals surface area contributed by atoms with Crippen LogP contribution in [-0.4, -0.2) is 0 Å². The first-order valence-corrected chi connectivity index (χ1v) is 8.71. The fourth-order valence-corrected chi connectivity index (χ4v) is 3.92. The third-order valence-corrected chi connectivity index (χ3v) is 5.24. The highest BCUT2D eigenvalue weighted by atomic mass is 14.2. The Morgan fingerprint density at radius 2 is 1.48 bits per heavy atom. The summed E-state index contributed by atoms with van der Waals surface area (Å²) >= 11 is 0. The molecule has 0 unspecified atom stereocenters. The van der Waals surface area contributed by atoms with Crippen molar-refractivity contribution >= 4 is 27.1 Å². The molecule has 0 spiro atoms. The summed E-state index contributed by atoms with van der Waals surface area (Å²) in [6.45, 7) is 3.95. The summed E-state index contributed by atoms with van der Waals surface area (Å²) in [6, 6.07) is 26.5. The Kier molecular flexibility index (Phi) is 3.11. The van der Waals surface area contributed by atoms with E-state index in [0.29, 0.717) is 0 Å². The van der Waals surface area contributed by atoms with Crippen LogP contribution in [0.3, 0.4) is 0 Å². The Balaban J connectivity index is 1.78. The van der Waals surface area contributed by atoms with E-state index in [-0.39, 0.29) is 0 Å². The average Bonchev–Trinajstić information content (AvgIpc) is 3.08. The van der Waals surface area contributed by atoms with E-state index in [1.165, 1.54) is 49.4 Å². The molecular weight excluding hydrogens is 300 g/mol. The molecule has 1 aliphatic rings. The Morgan fingerprint density at radius 3 is 2.32 bits per heavy atom. The molecule has 0 heteroatoms. The minimum Gasteiger partial charge on any atom is -0.0985 e. The Hall–Kier alpha value is -3.12. The van der Waals surface area contributed by atoms with Crippen molar-refractivity contribution < 1.29 is 0 Å². The quantitative estimate of drug-likeness (QED) is 0.357. The maximum Gasteiger partial charge on any atom is -0.00819 e. The lowest BCUT2D eigenvalue weighted by atomic mass is 9.94. The van der Waals surface area contributed by atoms with Crippen molar-refractivity contribution in [1.82, 2.24) is 0 Å². The highest BCUT2D eigenvalue weighted by Gasteiger charge is 2.14. The molecule has 0 saturated carbocycles. The van der Waals surface area contributed by atoms with Crippen molar-refractivity contribution in [3.05, 3.63) is 103 Å². The number of allylic oxidation sites excluding steroid dienone is 3. The Bertz CT molecular complexity index is 1160. The summed E-state index contributed by atoms with van der Waals surface area (Å²) in [5.74, 6) is 0. The topological polar surface area (TPSA) is 0 Å². The summed E-state index contributed by atoms with van der Waals surface area (Å²) in [5.41, 5.74) is 6.53. The molecular formula is C25H18. The van der Waals surface area contributed by atoms with E-state index in [4.69, 9.17) is 0 Å². The fraction of sp³-hybridized carbons (Fsp3) is 0.0400. The second kappa shape index (κ2) is 5.46. The van der Waals surface area contributed by atoms with E-state index in [2.05, 4.69) is 85.5 Å². The Labute approximate surface area is 147 Å². The first kappa shape index (κ1) is 14.2. The van der Waals surface area contributed by atoms with Crippen LogP contribution in [0.1, 0.15) is 11.1 Å². The predicted molar refractivity (Wildman–Crippen MR) is 109 cm³/mol. The zero-order valence-electron chi connectivity index (χ0n) is 14.0. The number of rotatable bonds is 2. The number of fused-ring (bicyclic) bond motifs is 4. The van der Waals surface area contributed by atoms with Crippen LogP contribution in [0, 0.1) is 0 Å². The molecule has 4 aromatic rings. The van der Waals surface area contributed by atoms with Gasteiger partial charge in [-0.1, -0.05) is 73.3 Å². The van der Waals surface area contributed by atoms with Gasteiger partial charge in [0, 0.05) is 0 Å². The predicted octanol–water partition coefficient (Wildman–Crippen LogP) is 6.79. The lowest BCUT2D eigenvalue weighted by Gasteiger charge is -2.10. The molecule has 4 aromatic carbocycles. The van der Waals surface area contributed by atoms with Gasteiger partial charge in [0.05, 0.1) is 0 Å². The SMILES string of the molecule is C=CC1=CCc2cc3c(ccc4ccc(-c5ccccc5)cc43)cc21. The van der Waals surface area contributed by atoms with Gasteiger partial charge in [-0.3, -0.25) is 0 Å². The molecule has 0 radical (unpaired) electrons. The molecule has 5 rings (SSSR count). The van der Waals surface area contributed by atoms with Gasteiger partial charge in [-0.15, -0.1) is 0 Å². The van der Waals surface area contributed by atoms with Crippen LogP contribution in [0.5, 0.6) is 0 Å². The molecule has 0 bridgehead atoms. The van der Waals surface area contributed by atoms with Crippen LogP contribution in [-0.2, 0) is 6.42 Å². The highest BCUT2D eigenvalue weighted by molar-refractivity contribution is 6.10. The highest BCUT2D eigenvalue weighted by Crippen LogP contribution is 2.36. The number of hydrogen-bond donors (Lipinski definition) is 0. The summed E-state index contributed by atoms with van der Waals surface area (Å²) in [5, 5.41) is 5.26. The second-order valence-corrected chi connectivity index (χ2v) is 6.67. The van der Waals surface area contributed by atoms with Gasteiger partial charge in [-0.25, -0.2) is 0 Å². The maximum atomic E-state index is 3.95. The summed E-state index contributed by atoms with van der Waals surface area (Å²) in [6.07, 6.45) is 5.24. The van der Waals surface area contributed by atoms with E-state index in [0.717, 1.165) is 6.42 Å². The van der Waals surface area contributed by atoms with Gasteiger partial charge in [-0.2, -0.15) is 0 Å². The minimum absolute atomic E-state index is 1.00. The maximum absolute atomic E-state index is 3.95.